The van der Waals surface area contributed by atoms with Crippen molar-refractivity contribution in [3.05, 3.63) is 65.2 Å². The third kappa shape index (κ3) is 4.84. The van der Waals surface area contributed by atoms with Gasteiger partial charge < -0.3 is 14.8 Å². The highest BCUT2D eigenvalue weighted by atomic mass is 16.5. The second kappa shape index (κ2) is 8.72. The standard InChI is InChI=1S/C19H21NO4/c1-23-17-6-4-3-5-16(17)13-18(21)20-12-11-14-7-9-15(10-8-14)19(22)24-2/h3-10H,11-13H2,1-2H3,(H,20,21). The molecule has 0 radical (unpaired) electrons. The fourth-order valence-electron chi connectivity index (χ4n) is 2.36. The highest BCUT2D eigenvalue weighted by molar-refractivity contribution is 5.89. The number of ether oxygens (including phenoxy) is 2. The van der Waals surface area contributed by atoms with E-state index >= 15 is 0 Å². The fraction of sp³-hybridized carbons (Fsp3) is 0.263. The summed E-state index contributed by atoms with van der Waals surface area (Å²) in [6, 6.07) is 14.6. The Labute approximate surface area is 141 Å². The molecular weight excluding hydrogens is 306 g/mol. The zero-order chi connectivity index (χ0) is 17.4. The van der Waals surface area contributed by atoms with Crippen LogP contribution < -0.4 is 10.1 Å². The molecule has 0 bridgehead atoms. The Morgan fingerprint density at radius 3 is 2.38 bits per heavy atom. The van der Waals surface area contributed by atoms with Crippen molar-refractivity contribution < 1.29 is 19.1 Å². The second-order valence-corrected chi connectivity index (χ2v) is 5.28. The number of rotatable bonds is 7. The number of hydrogen-bond donors (Lipinski definition) is 1. The topological polar surface area (TPSA) is 64.6 Å². The molecule has 5 nitrogen and oxygen atoms in total. The Hall–Kier alpha value is -2.82. The van der Waals surface area contributed by atoms with Crippen LogP contribution in [0.5, 0.6) is 5.75 Å². The van der Waals surface area contributed by atoms with Crippen LogP contribution in [0.15, 0.2) is 48.5 Å². The van der Waals surface area contributed by atoms with Crippen LogP contribution in [0, 0.1) is 0 Å². The fourth-order valence-corrected chi connectivity index (χ4v) is 2.36. The van der Waals surface area contributed by atoms with E-state index in [2.05, 4.69) is 10.1 Å². The predicted molar refractivity (Wildman–Crippen MR) is 91.2 cm³/mol. The number of benzene rings is 2. The van der Waals surface area contributed by atoms with E-state index in [1.165, 1.54) is 7.11 Å². The van der Waals surface area contributed by atoms with Gasteiger partial charge in [-0.25, -0.2) is 4.79 Å². The average molecular weight is 327 g/mol. The molecule has 0 atom stereocenters. The van der Waals surface area contributed by atoms with E-state index in [-0.39, 0.29) is 18.3 Å². The Kier molecular flexibility index (Phi) is 6.37. The minimum atomic E-state index is -0.355. The molecule has 1 N–H and O–H groups in total. The van der Waals surface area contributed by atoms with Crippen molar-refractivity contribution in [2.75, 3.05) is 20.8 Å². The Morgan fingerprint density at radius 2 is 1.71 bits per heavy atom. The van der Waals surface area contributed by atoms with Crippen molar-refractivity contribution in [2.24, 2.45) is 0 Å². The van der Waals surface area contributed by atoms with Crippen molar-refractivity contribution in [1.82, 2.24) is 5.32 Å². The first-order valence-corrected chi connectivity index (χ1v) is 7.70. The summed E-state index contributed by atoms with van der Waals surface area (Å²) in [4.78, 5) is 23.4. The lowest BCUT2D eigenvalue weighted by molar-refractivity contribution is -0.120. The molecule has 24 heavy (non-hydrogen) atoms. The van der Waals surface area contributed by atoms with Gasteiger partial charge in [0.05, 0.1) is 26.2 Å². The highest BCUT2D eigenvalue weighted by Crippen LogP contribution is 2.17. The van der Waals surface area contributed by atoms with Gasteiger partial charge >= 0.3 is 5.97 Å². The molecule has 0 aromatic heterocycles. The number of esters is 1. The van der Waals surface area contributed by atoms with Gasteiger partial charge in [0.2, 0.25) is 5.91 Å². The summed E-state index contributed by atoms with van der Waals surface area (Å²) in [5.41, 5.74) is 2.42. The first kappa shape index (κ1) is 17.5. The summed E-state index contributed by atoms with van der Waals surface area (Å²) in [5.74, 6) is 0.309. The van der Waals surface area contributed by atoms with Gasteiger partial charge in [0.1, 0.15) is 5.75 Å². The molecule has 0 aliphatic rings. The molecule has 0 spiro atoms. The molecule has 0 unspecified atom stereocenters. The molecule has 0 aliphatic carbocycles. The van der Waals surface area contributed by atoms with E-state index < -0.39 is 0 Å². The van der Waals surface area contributed by atoms with Gasteiger partial charge in [-0.05, 0) is 30.2 Å². The molecule has 0 saturated carbocycles. The van der Waals surface area contributed by atoms with E-state index in [0.29, 0.717) is 24.3 Å². The van der Waals surface area contributed by atoms with Gasteiger partial charge in [-0.15, -0.1) is 0 Å². The van der Waals surface area contributed by atoms with E-state index in [1.54, 1.807) is 19.2 Å². The van der Waals surface area contributed by atoms with Gasteiger partial charge in [-0.1, -0.05) is 30.3 Å². The zero-order valence-corrected chi connectivity index (χ0v) is 13.9. The zero-order valence-electron chi connectivity index (χ0n) is 13.9. The summed E-state index contributed by atoms with van der Waals surface area (Å²) in [6.07, 6.45) is 0.977. The van der Waals surface area contributed by atoms with Crippen molar-refractivity contribution >= 4 is 11.9 Å². The lowest BCUT2D eigenvalue weighted by Crippen LogP contribution is -2.27. The van der Waals surface area contributed by atoms with E-state index in [0.717, 1.165) is 11.1 Å². The van der Waals surface area contributed by atoms with Crippen LogP contribution in [-0.4, -0.2) is 32.6 Å². The maximum Gasteiger partial charge on any atom is 0.337 e. The molecule has 0 heterocycles. The summed E-state index contributed by atoms with van der Waals surface area (Å²) in [5, 5.41) is 2.89. The number of para-hydroxylation sites is 1. The Bertz CT molecular complexity index is 695. The first-order valence-electron chi connectivity index (χ1n) is 7.70. The normalized spacial score (nSPS) is 10.1. The van der Waals surface area contributed by atoms with Crippen LogP contribution in [0.4, 0.5) is 0 Å². The number of carbonyl (C=O) groups is 2. The lowest BCUT2D eigenvalue weighted by atomic mass is 10.1. The maximum atomic E-state index is 12.0. The Balaban J connectivity index is 1.81. The minimum Gasteiger partial charge on any atom is -0.496 e. The molecule has 1 amide bonds. The average Bonchev–Trinajstić information content (AvgIpc) is 2.62. The summed E-state index contributed by atoms with van der Waals surface area (Å²) >= 11 is 0. The van der Waals surface area contributed by atoms with E-state index in [9.17, 15) is 9.59 Å². The molecule has 0 saturated heterocycles. The molecule has 5 heteroatoms. The molecule has 0 fully saturated rings. The van der Waals surface area contributed by atoms with Crippen LogP contribution in [0.25, 0.3) is 0 Å². The summed E-state index contributed by atoms with van der Waals surface area (Å²) < 4.78 is 9.90. The molecule has 0 aliphatic heterocycles. The molecule has 2 aromatic carbocycles. The van der Waals surface area contributed by atoms with Crippen molar-refractivity contribution in [3.63, 3.8) is 0 Å². The van der Waals surface area contributed by atoms with Gasteiger partial charge in [0.15, 0.2) is 0 Å². The quantitative estimate of drug-likeness (QED) is 0.793. The minimum absolute atomic E-state index is 0.0503. The molecular formula is C19H21NO4. The van der Waals surface area contributed by atoms with E-state index in [4.69, 9.17) is 4.74 Å². The van der Waals surface area contributed by atoms with Crippen molar-refractivity contribution in [3.8, 4) is 5.75 Å². The van der Waals surface area contributed by atoms with Gasteiger partial charge in [-0.2, -0.15) is 0 Å². The van der Waals surface area contributed by atoms with Crippen molar-refractivity contribution in [1.29, 1.82) is 0 Å². The smallest absolute Gasteiger partial charge is 0.337 e. The SMILES string of the molecule is COC(=O)c1ccc(CCNC(=O)Cc2ccccc2OC)cc1. The van der Waals surface area contributed by atoms with E-state index in [1.807, 2.05) is 36.4 Å². The largest absolute Gasteiger partial charge is 0.496 e. The number of nitrogens with one attached hydrogen (secondary N) is 1. The number of hydrogen-bond acceptors (Lipinski definition) is 4. The molecule has 2 rings (SSSR count). The maximum absolute atomic E-state index is 12.0. The second-order valence-electron chi connectivity index (χ2n) is 5.28. The third-order valence-corrected chi connectivity index (χ3v) is 3.65. The molecule has 126 valence electrons. The number of methoxy groups -OCH3 is 2. The summed E-state index contributed by atoms with van der Waals surface area (Å²) in [7, 11) is 2.95. The first-order chi connectivity index (χ1) is 11.6. The van der Waals surface area contributed by atoms with Gasteiger partial charge in [-0.3, -0.25) is 4.79 Å². The highest BCUT2D eigenvalue weighted by Gasteiger charge is 2.08. The monoisotopic (exact) mass is 327 g/mol. The van der Waals surface area contributed by atoms with Gasteiger partial charge in [0.25, 0.3) is 0 Å². The number of carbonyl (C=O) groups excluding carboxylic acids is 2. The van der Waals surface area contributed by atoms with Crippen LogP contribution in [0.1, 0.15) is 21.5 Å². The predicted octanol–water partition coefficient (Wildman–Crippen LogP) is 2.38. The van der Waals surface area contributed by atoms with Crippen LogP contribution >= 0.6 is 0 Å². The lowest BCUT2D eigenvalue weighted by Gasteiger charge is -2.09. The van der Waals surface area contributed by atoms with Crippen LogP contribution in [0.3, 0.4) is 0 Å². The van der Waals surface area contributed by atoms with Crippen LogP contribution in [-0.2, 0) is 22.4 Å². The Morgan fingerprint density at radius 1 is 1.00 bits per heavy atom. The third-order valence-electron chi connectivity index (χ3n) is 3.65. The van der Waals surface area contributed by atoms with Gasteiger partial charge in [0, 0.05) is 12.1 Å². The summed E-state index contributed by atoms with van der Waals surface area (Å²) in [6.45, 7) is 0.533. The van der Waals surface area contributed by atoms with Crippen molar-refractivity contribution in [2.45, 2.75) is 12.8 Å². The van der Waals surface area contributed by atoms with Crippen LogP contribution in [0.2, 0.25) is 0 Å². The number of amides is 1. The molecule has 2 aromatic rings.